The molecule has 0 aliphatic carbocycles. The molecule has 0 aromatic rings. The Bertz CT molecular complexity index is 263. The zero-order valence-electron chi connectivity index (χ0n) is 9.90. The summed E-state index contributed by atoms with van der Waals surface area (Å²) in [4.78, 5) is 31.7. The van der Waals surface area contributed by atoms with Gasteiger partial charge in [-0.1, -0.05) is 0 Å². The van der Waals surface area contributed by atoms with E-state index in [-0.39, 0.29) is 22.9 Å². The molecule has 0 heterocycles. The minimum Gasteiger partial charge on any atom is -0.300 e. The van der Waals surface area contributed by atoms with E-state index in [1.54, 1.807) is 0 Å². The highest BCUT2D eigenvalue weighted by Gasteiger charge is 2.19. The smallest absolute Gasteiger partial charge is 0.213 e. The molecule has 0 N–H and O–H groups in total. The molecule has 0 saturated carbocycles. The van der Waals surface area contributed by atoms with E-state index in [1.807, 2.05) is 0 Å². The van der Waals surface area contributed by atoms with Gasteiger partial charge in [-0.25, -0.2) is 0 Å². The van der Waals surface area contributed by atoms with Gasteiger partial charge in [0.05, 0.1) is 0 Å². The van der Waals surface area contributed by atoms with E-state index in [4.69, 9.17) is 0 Å². The van der Waals surface area contributed by atoms with Crippen molar-refractivity contribution < 1.29 is 14.5 Å². The number of Topliss-reactive ketones (excluding diaryl/α,β-unsaturated/α-hetero) is 2. The van der Waals surface area contributed by atoms with Crippen LogP contribution < -0.4 is 0 Å². The molecule has 5 heteroatoms. The van der Waals surface area contributed by atoms with Crippen molar-refractivity contribution in [2.75, 3.05) is 0 Å². The minimum absolute atomic E-state index is 0.0180. The second-order valence-corrected chi connectivity index (χ2v) is 4.13. The van der Waals surface area contributed by atoms with Crippen molar-refractivity contribution in [2.45, 2.75) is 58.4 Å². The molecule has 0 rings (SSSR count). The number of hydrogen-bond acceptors (Lipinski definition) is 4. The third kappa shape index (κ3) is 8.08. The largest absolute Gasteiger partial charge is 0.300 e. The van der Waals surface area contributed by atoms with E-state index in [0.717, 1.165) is 0 Å². The Kier molecular flexibility index (Phi) is 7.33. The molecule has 0 fully saturated rings. The number of carbonyl (C=O) groups excluding carboxylic acids is 2. The van der Waals surface area contributed by atoms with Gasteiger partial charge in [0.25, 0.3) is 0 Å². The molecule has 0 unspecified atom stereocenters. The van der Waals surface area contributed by atoms with Crippen LogP contribution in [0.2, 0.25) is 0 Å². The highest BCUT2D eigenvalue weighted by atomic mass is 16.6. The first-order valence-corrected chi connectivity index (χ1v) is 5.56. The van der Waals surface area contributed by atoms with E-state index in [9.17, 15) is 19.7 Å². The SMILES string of the molecule is CC(=O)CCCC[C@@H](CCC(C)=O)[N+](=O)[O-]. The lowest BCUT2D eigenvalue weighted by atomic mass is 10.0. The Hall–Kier alpha value is -1.26. The van der Waals surface area contributed by atoms with Gasteiger partial charge in [-0.05, 0) is 26.7 Å². The first-order chi connectivity index (χ1) is 7.43. The summed E-state index contributed by atoms with van der Waals surface area (Å²) >= 11 is 0. The molecule has 0 aromatic carbocycles. The van der Waals surface area contributed by atoms with Gasteiger partial charge in [0.2, 0.25) is 6.04 Å². The average Bonchev–Trinajstić information content (AvgIpc) is 2.15. The minimum atomic E-state index is -0.643. The van der Waals surface area contributed by atoms with Crippen LogP contribution in [0, 0.1) is 10.1 Å². The van der Waals surface area contributed by atoms with Crippen molar-refractivity contribution in [3.8, 4) is 0 Å². The van der Waals surface area contributed by atoms with Crippen LogP contribution in [0.1, 0.15) is 52.4 Å². The molecule has 5 nitrogen and oxygen atoms in total. The van der Waals surface area contributed by atoms with E-state index in [1.165, 1.54) is 13.8 Å². The number of rotatable bonds is 9. The summed E-state index contributed by atoms with van der Waals surface area (Å²) in [6.45, 7) is 2.95. The quantitative estimate of drug-likeness (QED) is 0.345. The fraction of sp³-hybridized carbons (Fsp3) is 0.818. The van der Waals surface area contributed by atoms with Crippen LogP contribution in [0.4, 0.5) is 0 Å². The van der Waals surface area contributed by atoms with Gasteiger partial charge in [0, 0.05) is 30.6 Å². The molecular formula is C11H19NO4. The van der Waals surface area contributed by atoms with Crippen molar-refractivity contribution >= 4 is 11.6 Å². The molecule has 0 radical (unpaired) electrons. The van der Waals surface area contributed by atoms with Crippen molar-refractivity contribution in [3.63, 3.8) is 0 Å². The Labute approximate surface area is 95.4 Å². The lowest BCUT2D eigenvalue weighted by Crippen LogP contribution is -2.20. The maximum absolute atomic E-state index is 10.7. The predicted octanol–water partition coefficient (Wildman–Crippen LogP) is 2.15. The first-order valence-electron chi connectivity index (χ1n) is 5.56. The van der Waals surface area contributed by atoms with Crippen LogP contribution in [0.15, 0.2) is 0 Å². The number of nitro groups is 1. The monoisotopic (exact) mass is 229 g/mol. The topological polar surface area (TPSA) is 77.3 Å². The van der Waals surface area contributed by atoms with Gasteiger partial charge < -0.3 is 9.59 Å². The second-order valence-electron chi connectivity index (χ2n) is 4.13. The number of ketones is 2. The summed E-state index contributed by atoms with van der Waals surface area (Å²) in [7, 11) is 0. The van der Waals surface area contributed by atoms with E-state index in [2.05, 4.69) is 0 Å². The molecule has 1 atom stereocenters. The van der Waals surface area contributed by atoms with Crippen molar-refractivity contribution in [1.29, 1.82) is 0 Å². The lowest BCUT2D eigenvalue weighted by Gasteiger charge is -2.07. The van der Waals surface area contributed by atoms with Crippen LogP contribution in [0.3, 0.4) is 0 Å². The van der Waals surface area contributed by atoms with Crippen LogP contribution >= 0.6 is 0 Å². The van der Waals surface area contributed by atoms with Crippen molar-refractivity contribution in [3.05, 3.63) is 10.1 Å². The van der Waals surface area contributed by atoms with Gasteiger partial charge in [0.1, 0.15) is 11.6 Å². The zero-order valence-corrected chi connectivity index (χ0v) is 9.90. The molecule has 16 heavy (non-hydrogen) atoms. The fourth-order valence-electron chi connectivity index (χ4n) is 1.48. The van der Waals surface area contributed by atoms with Gasteiger partial charge in [0.15, 0.2) is 0 Å². The van der Waals surface area contributed by atoms with Gasteiger partial charge in [-0.15, -0.1) is 0 Å². The van der Waals surface area contributed by atoms with Gasteiger partial charge in [-0.2, -0.15) is 0 Å². The molecule has 0 aliphatic rings. The van der Waals surface area contributed by atoms with Crippen LogP contribution in [0.5, 0.6) is 0 Å². The Morgan fingerprint density at radius 3 is 2.06 bits per heavy atom. The molecular weight excluding hydrogens is 210 g/mol. The standard InChI is InChI=1S/C11H19NO4/c1-9(13)5-3-4-6-11(12(15)16)8-7-10(2)14/h11H,3-8H2,1-2H3/t11-/m0/s1. The van der Waals surface area contributed by atoms with E-state index in [0.29, 0.717) is 32.1 Å². The predicted molar refractivity (Wildman–Crippen MR) is 59.8 cm³/mol. The summed E-state index contributed by atoms with van der Waals surface area (Å²) in [5, 5.41) is 10.7. The maximum atomic E-state index is 10.7. The molecule has 0 saturated heterocycles. The zero-order chi connectivity index (χ0) is 12.6. The maximum Gasteiger partial charge on any atom is 0.213 e. The van der Waals surface area contributed by atoms with Crippen LogP contribution in [-0.4, -0.2) is 22.5 Å². The summed E-state index contributed by atoms with van der Waals surface area (Å²) in [6.07, 6.45) is 2.87. The molecule has 0 bridgehead atoms. The van der Waals surface area contributed by atoms with Crippen molar-refractivity contribution in [2.24, 2.45) is 0 Å². The Balaban J connectivity index is 3.81. The third-order valence-electron chi connectivity index (χ3n) is 2.44. The normalized spacial score (nSPS) is 12.1. The summed E-state index contributed by atoms with van der Waals surface area (Å²) in [5.74, 6) is 0.0944. The number of hydrogen-bond donors (Lipinski definition) is 0. The molecule has 0 amide bonds. The van der Waals surface area contributed by atoms with Gasteiger partial charge >= 0.3 is 0 Å². The van der Waals surface area contributed by atoms with Crippen molar-refractivity contribution in [1.82, 2.24) is 0 Å². The first kappa shape index (κ1) is 14.7. The summed E-state index contributed by atoms with van der Waals surface area (Å²) in [5.41, 5.74) is 0. The number of carbonyl (C=O) groups is 2. The lowest BCUT2D eigenvalue weighted by molar-refractivity contribution is -0.524. The van der Waals surface area contributed by atoms with Gasteiger partial charge in [-0.3, -0.25) is 10.1 Å². The highest BCUT2D eigenvalue weighted by molar-refractivity contribution is 5.75. The van der Waals surface area contributed by atoms with E-state index >= 15 is 0 Å². The fourth-order valence-corrected chi connectivity index (χ4v) is 1.48. The average molecular weight is 229 g/mol. The van der Waals surface area contributed by atoms with Crippen LogP contribution in [-0.2, 0) is 9.59 Å². The summed E-state index contributed by atoms with van der Waals surface area (Å²) < 4.78 is 0. The molecule has 0 spiro atoms. The Morgan fingerprint density at radius 1 is 1.06 bits per heavy atom. The van der Waals surface area contributed by atoms with E-state index < -0.39 is 6.04 Å². The second kappa shape index (κ2) is 7.96. The molecule has 92 valence electrons. The Morgan fingerprint density at radius 2 is 1.62 bits per heavy atom. The number of unbranched alkanes of at least 4 members (excludes halogenated alkanes) is 1. The summed E-state index contributed by atoms with van der Waals surface area (Å²) in [6, 6.07) is -0.643. The highest BCUT2D eigenvalue weighted by Crippen LogP contribution is 2.12. The number of nitrogens with zero attached hydrogens (tertiary/aromatic N) is 1. The molecule has 0 aliphatic heterocycles. The molecule has 0 aromatic heterocycles. The van der Waals surface area contributed by atoms with Crippen LogP contribution in [0.25, 0.3) is 0 Å². The third-order valence-corrected chi connectivity index (χ3v) is 2.44.